The summed E-state index contributed by atoms with van der Waals surface area (Å²) in [6.07, 6.45) is 1.25. The molecule has 1 rings (SSSR count). The summed E-state index contributed by atoms with van der Waals surface area (Å²) in [6.45, 7) is 7.78. The molecule has 122 valence electrons. The first-order chi connectivity index (χ1) is 10.2. The van der Waals surface area contributed by atoms with Crippen LogP contribution in [0.4, 0.5) is 5.69 Å². The first kappa shape index (κ1) is 18.2. The van der Waals surface area contributed by atoms with Gasteiger partial charge in [0.25, 0.3) is 0 Å². The van der Waals surface area contributed by atoms with Crippen molar-refractivity contribution in [3.8, 4) is 0 Å². The highest BCUT2D eigenvalue weighted by molar-refractivity contribution is 5.90. The molecule has 22 heavy (non-hydrogen) atoms. The monoisotopic (exact) mass is 307 g/mol. The molecule has 1 aromatic rings. The van der Waals surface area contributed by atoms with E-state index in [1.165, 1.54) is 0 Å². The van der Waals surface area contributed by atoms with E-state index in [0.717, 1.165) is 0 Å². The van der Waals surface area contributed by atoms with Crippen LogP contribution in [0, 0.1) is 0 Å². The molecule has 0 bridgehead atoms. The van der Waals surface area contributed by atoms with Crippen LogP contribution >= 0.6 is 0 Å². The van der Waals surface area contributed by atoms with Crippen LogP contribution in [0.3, 0.4) is 0 Å². The van der Waals surface area contributed by atoms with Gasteiger partial charge in [-0.05, 0) is 51.8 Å². The molecule has 0 spiro atoms. The standard InChI is InChI=1S/C17H25NO4/c1-12(2)22-11-5-6-15(19)18-14-9-7-13(8-10-14)17(3,4)16(20)21/h7-10,12H,5-6,11H2,1-4H3,(H,18,19)(H,20,21). The molecule has 0 saturated carbocycles. The summed E-state index contributed by atoms with van der Waals surface area (Å²) in [7, 11) is 0. The maximum atomic E-state index is 11.8. The van der Waals surface area contributed by atoms with Crippen LogP contribution < -0.4 is 5.32 Å². The van der Waals surface area contributed by atoms with Crippen LogP contribution in [0.1, 0.15) is 46.1 Å². The Morgan fingerprint density at radius 2 is 1.82 bits per heavy atom. The van der Waals surface area contributed by atoms with Gasteiger partial charge < -0.3 is 15.2 Å². The molecule has 1 aromatic carbocycles. The smallest absolute Gasteiger partial charge is 0.313 e. The van der Waals surface area contributed by atoms with Crippen molar-refractivity contribution in [2.24, 2.45) is 0 Å². The first-order valence-electron chi connectivity index (χ1n) is 7.49. The Morgan fingerprint density at radius 1 is 1.23 bits per heavy atom. The SMILES string of the molecule is CC(C)OCCCC(=O)Nc1ccc(C(C)(C)C(=O)O)cc1. The molecule has 0 aliphatic heterocycles. The summed E-state index contributed by atoms with van der Waals surface area (Å²) in [5.74, 6) is -0.952. The quantitative estimate of drug-likeness (QED) is 0.723. The van der Waals surface area contributed by atoms with E-state index in [1.54, 1.807) is 38.1 Å². The number of carboxylic acids is 1. The zero-order chi connectivity index (χ0) is 16.8. The van der Waals surface area contributed by atoms with Crippen LogP contribution in [0.2, 0.25) is 0 Å². The fourth-order valence-corrected chi connectivity index (χ4v) is 1.87. The van der Waals surface area contributed by atoms with Gasteiger partial charge in [0, 0.05) is 18.7 Å². The maximum Gasteiger partial charge on any atom is 0.313 e. The fraction of sp³-hybridized carbons (Fsp3) is 0.529. The van der Waals surface area contributed by atoms with Gasteiger partial charge in [-0.2, -0.15) is 0 Å². The minimum absolute atomic E-state index is 0.0717. The Kier molecular flexibility index (Phi) is 6.56. The average molecular weight is 307 g/mol. The number of ether oxygens (including phenoxy) is 1. The van der Waals surface area contributed by atoms with E-state index in [9.17, 15) is 14.7 Å². The summed E-state index contributed by atoms with van der Waals surface area (Å²) in [5.41, 5.74) is 0.416. The third-order valence-electron chi connectivity index (χ3n) is 3.42. The van der Waals surface area contributed by atoms with Crippen LogP contribution in [0.25, 0.3) is 0 Å². The molecule has 0 unspecified atom stereocenters. The highest BCUT2D eigenvalue weighted by atomic mass is 16.5. The van der Waals surface area contributed by atoms with Crippen molar-refractivity contribution in [2.75, 3.05) is 11.9 Å². The highest BCUT2D eigenvalue weighted by Crippen LogP contribution is 2.24. The van der Waals surface area contributed by atoms with E-state index in [0.29, 0.717) is 30.7 Å². The second-order valence-electron chi connectivity index (χ2n) is 6.08. The highest BCUT2D eigenvalue weighted by Gasteiger charge is 2.29. The number of benzene rings is 1. The number of rotatable bonds is 8. The van der Waals surface area contributed by atoms with Gasteiger partial charge in [-0.25, -0.2) is 0 Å². The summed E-state index contributed by atoms with van der Waals surface area (Å²) in [4.78, 5) is 23.0. The Morgan fingerprint density at radius 3 is 2.32 bits per heavy atom. The van der Waals surface area contributed by atoms with Crippen LogP contribution in [-0.4, -0.2) is 29.7 Å². The number of carboxylic acid groups (broad SMARTS) is 1. The van der Waals surface area contributed by atoms with Gasteiger partial charge in [0.15, 0.2) is 0 Å². The number of carbonyl (C=O) groups excluding carboxylic acids is 1. The maximum absolute atomic E-state index is 11.8. The molecule has 0 aliphatic rings. The Labute approximate surface area is 131 Å². The predicted octanol–water partition coefficient (Wildman–Crippen LogP) is 3.19. The number of amides is 1. The molecular weight excluding hydrogens is 282 g/mol. The number of anilines is 1. The summed E-state index contributed by atoms with van der Waals surface area (Å²) in [6, 6.07) is 6.91. The molecule has 0 aromatic heterocycles. The van der Waals surface area contributed by atoms with Crippen molar-refractivity contribution in [1.82, 2.24) is 0 Å². The largest absolute Gasteiger partial charge is 0.481 e. The average Bonchev–Trinajstić information content (AvgIpc) is 2.44. The first-order valence-corrected chi connectivity index (χ1v) is 7.49. The zero-order valence-electron chi connectivity index (χ0n) is 13.7. The minimum Gasteiger partial charge on any atom is -0.481 e. The van der Waals surface area contributed by atoms with Gasteiger partial charge in [-0.15, -0.1) is 0 Å². The lowest BCUT2D eigenvalue weighted by molar-refractivity contribution is -0.142. The van der Waals surface area contributed by atoms with Gasteiger partial charge in [-0.3, -0.25) is 9.59 Å². The number of carbonyl (C=O) groups is 2. The second-order valence-corrected chi connectivity index (χ2v) is 6.08. The number of nitrogens with one attached hydrogen (secondary N) is 1. The topological polar surface area (TPSA) is 75.6 Å². The van der Waals surface area contributed by atoms with E-state index in [1.807, 2.05) is 13.8 Å². The third-order valence-corrected chi connectivity index (χ3v) is 3.42. The molecule has 0 radical (unpaired) electrons. The molecule has 0 heterocycles. The van der Waals surface area contributed by atoms with E-state index in [4.69, 9.17) is 4.74 Å². The second kappa shape index (κ2) is 7.94. The van der Waals surface area contributed by atoms with Crippen molar-refractivity contribution in [3.05, 3.63) is 29.8 Å². The van der Waals surface area contributed by atoms with Gasteiger partial charge in [0.05, 0.1) is 11.5 Å². The molecule has 0 saturated heterocycles. The molecule has 0 fully saturated rings. The van der Waals surface area contributed by atoms with Crippen molar-refractivity contribution in [3.63, 3.8) is 0 Å². The zero-order valence-corrected chi connectivity index (χ0v) is 13.7. The Hall–Kier alpha value is -1.88. The molecule has 5 nitrogen and oxygen atoms in total. The summed E-state index contributed by atoms with van der Waals surface area (Å²) >= 11 is 0. The van der Waals surface area contributed by atoms with E-state index < -0.39 is 11.4 Å². The van der Waals surface area contributed by atoms with Crippen LogP contribution in [0.15, 0.2) is 24.3 Å². The van der Waals surface area contributed by atoms with Gasteiger partial charge in [-0.1, -0.05) is 12.1 Å². The van der Waals surface area contributed by atoms with Gasteiger partial charge in [0.2, 0.25) is 5.91 Å². The van der Waals surface area contributed by atoms with Crippen molar-refractivity contribution >= 4 is 17.6 Å². The molecule has 1 amide bonds. The number of aliphatic carboxylic acids is 1. The number of hydrogen-bond acceptors (Lipinski definition) is 3. The van der Waals surface area contributed by atoms with Crippen molar-refractivity contribution in [1.29, 1.82) is 0 Å². The van der Waals surface area contributed by atoms with Gasteiger partial charge >= 0.3 is 5.97 Å². The van der Waals surface area contributed by atoms with Crippen molar-refractivity contribution < 1.29 is 19.4 Å². The minimum atomic E-state index is -0.948. The van der Waals surface area contributed by atoms with Crippen molar-refractivity contribution in [2.45, 2.75) is 52.1 Å². The van der Waals surface area contributed by atoms with E-state index in [2.05, 4.69) is 5.32 Å². The van der Waals surface area contributed by atoms with Crippen LogP contribution in [0.5, 0.6) is 0 Å². The normalized spacial score (nSPS) is 11.5. The van der Waals surface area contributed by atoms with E-state index in [-0.39, 0.29) is 12.0 Å². The van der Waals surface area contributed by atoms with Gasteiger partial charge in [0.1, 0.15) is 0 Å². The fourth-order valence-electron chi connectivity index (χ4n) is 1.87. The summed E-state index contributed by atoms with van der Waals surface area (Å²) < 4.78 is 5.38. The number of hydrogen-bond donors (Lipinski definition) is 2. The molecule has 5 heteroatoms. The molecular formula is C17H25NO4. The molecule has 0 atom stereocenters. The third kappa shape index (κ3) is 5.48. The van der Waals surface area contributed by atoms with Crippen LogP contribution in [-0.2, 0) is 19.7 Å². The van der Waals surface area contributed by atoms with E-state index >= 15 is 0 Å². The lowest BCUT2D eigenvalue weighted by Gasteiger charge is -2.19. The Bertz CT molecular complexity index is 506. The lowest BCUT2D eigenvalue weighted by atomic mass is 9.85. The Balaban J connectivity index is 2.51. The lowest BCUT2D eigenvalue weighted by Crippen LogP contribution is -2.28. The predicted molar refractivity (Wildman–Crippen MR) is 86.1 cm³/mol. The molecule has 0 aliphatic carbocycles. The summed E-state index contributed by atoms with van der Waals surface area (Å²) in [5, 5.41) is 12.0. The molecule has 2 N–H and O–H groups in total.